The van der Waals surface area contributed by atoms with Gasteiger partial charge in [0.15, 0.2) is 0 Å². The van der Waals surface area contributed by atoms with Crippen LogP contribution in [0.25, 0.3) is 0 Å². The van der Waals surface area contributed by atoms with Crippen molar-refractivity contribution in [3.8, 4) is 6.01 Å². The van der Waals surface area contributed by atoms with Gasteiger partial charge in [0.05, 0.1) is 18.5 Å². The zero-order valence-corrected chi connectivity index (χ0v) is 9.64. The molecule has 17 heavy (non-hydrogen) atoms. The van der Waals surface area contributed by atoms with Crippen LogP contribution in [0, 0.1) is 6.92 Å². The average Bonchev–Trinajstić information content (AvgIpc) is 2.31. The minimum absolute atomic E-state index is 0.273. The number of rotatable bonds is 3. The van der Waals surface area contributed by atoms with Gasteiger partial charge >= 0.3 is 6.01 Å². The van der Waals surface area contributed by atoms with Crippen LogP contribution in [0.1, 0.15) is 5.82 Å². The maximum absolute atomic E-state index is 5.81. The minimum atomic E-state index is 0.273. The number of ether oxygens (including phenoxy) is 1. The third kappa shape index (κ3) is 2.60. The zero-order valence-electron chi connectivity index (χ0n) is 9.64. The molecule has 0 saturated heterocycles. The Bertz CT molecular complexity index is 529. The molecule has 0 aliphatic carbocycles. The predicted molar refractivity (Wildman–Crippen MR) is 65.3 cm³/mol. The van der Waals surface area contributed by atoms with E-state index in [1.807, 2.05) is 18.2 Å². The van der Waals surface area contributed by atoms with Crippen molar-refractivity contribution in [1.29, 1.82) is 0 Å². The minimum Gasteiger partial charge on any atom is -0.467 e. The quantitative estimate of drug-likeness (QED) is 0.779. The summed E-state index contributed by atoms with van der Waals surface area (Å²) in [4.78, 5) is 12.2. The van der Waals surface area contributed by atoms with E-state index in [-0.39, 0.29) is 6.01 Å². The molecule has 0 fully saturated rings. The van der Waals surface area contributed by atoms with Crippen molar-refractivity contribution in [1.82, 2.24) is 15.0 Å². The standard InChI is InChI=1S/C11H13N5O/c1-7-13-10(16-11(14-7)17-2)15-9-6-4-3-5-8(9)12/h3-6H,12H2,1-2H3,(H,13,14,15,16). The van der Waals surface area contributed by atoms with E-state index >= 15 is 0 Å². The summed E-state index contributed by atoms with van der Waals surface area (Å²) >= 11 is 0. The van der Waals surface area contributed by atoms with Crippen molar-refractivity contribution in [2.24, 2.45) is 0 Å². The van der Waals surface area contributed by atoms with E-state index in [0.29, 0.717) is 17.5 Å². The average molecular weight is 231 g/mol. The molecular formula is C11H13N5O. The second-order valence-electron chi connectivity index (χ2n) is 3.41. The fourth-order valence-electron chi connectivity index (χ4n) is 1.34. The SMILES string of the molecule is COc1nc(C)nc(Nc2ccccc2N)n1. The summed E-state index contributed by atoms with van der Waals surface area (Å²) in [6.45, 7) is 1.77. The van der Waals surface area contributed by atoms with Gasteiger partial charge < -0.3 is 15.8 Å². The van der Waals surface area contributed by atoms with Gasteiger partial charge in [-0.05, 0) is 19.1 Å². The molecule has 6 heteroatoms. The number of benzene rings is 1. The van der Waals surface area contributed by atoms with Gasteiger partial charge in [0, 0.05) is 0 Å². The summed E-state index contributed by atoms with van der Waals surface area (Å²) in [5.74, 6) is 0.987. The van der Waals surface area contributed by atoms with Crippen LogP contribution in [0.3, 0.4) is 0 Å². The largest absolute Gasteiger partial charge is 0.467 e. The number of anilines is 3. The van der Waals surface area contributed by atoms with Crippen LogP contribution in [0.15, 0.2) is 24.3 Å². The highest BCUT2D eigenvalue weighted by atomic mass is 16.5. The Labute approximate surface area is 98.9 Å². The third-order valence-electron chi connectivity index (χ3n) is 2.12. The van der Waals surface area contributed by atoms with E-state index in [4.69, 9.17) is 10.5 Å². The van der Waals surface area contributed by atoms with E-state index in [1.54, 1.807) is 13.0 Å². The van der Waals surface area contributed by atoms with Crippen LogP contribution >= 0.6 is 0 Å². The topological polar surface area (TPSA) is 86.0 Å². The number of methoxy groups -OCH3 is 1. The number of nitrogen functional groups attached to an aromatic ring is 1. The maximum Gasteiger partial charge on any atom is 0.321 e. The number of aromatic nitrogens is 3. The number of nitrogens with one attached hydrogen (secondary N) is 1. The first kappa shape index (κ1) is 11.1. The Morgan fingerprint density at radius 3 is 2.65 bits per heavy atom. The maximum atomic E-state index is 5.81. The number of para-hydroxylation sites is 2. The zero-order chi connectivity index (χ0) is 12.3. The van der Waals surface area contributed by atoms with Gasteiger partial charge in [0.25, 0.3) is 0 Å². The normalized spacial score (nSPS) is 10.0. The van der Waals surface area contributed by atoms with Crippen molar-refractivity contribution in [2.75, 3.05) is 18.2 Å². The Morgan fingerprint density at radius 2 is 1.94 bits per heavy atom. The van der Waals surface area contributed by atoms with Crippen molar-refractivity contribution in [2.45, 2.75) is 6.92 Å². The summed E-state index contributed by atoms with van der Waals surface area (Å²) in [5.41, 5.74) is 7.19. The van der Waals surface area contributed by atoms with E-state index in [0.717, 1.165) is 5.69 Å². The highest BCUT2D eigenvalue weighted by Gasteiger charge is 2.05. The monoisotopic (exact) mass is 231 g/mol. The molecule has 0 amide bonds. The number of aryl methyl sites for hydroxylation is 1. The first-order chi connectivity index (χ1) is 8.19. The molecule has 1 aromatic carbocycles. The van der Waals surface area contributed by atoms with Gasteiger partial charge in [-0.1, -0.05) is 12.1 Å². The van der Waals surface area contributed by atoms with Crippen LogP contribution in [0.2, 0.25) is 0 Å². The number of hydrogen-bond donors (Lipinski definition) is 2. The predicted octanol–water partition coefficient (Wildman–Crippen LogP) is 1.51. The molecule has 3 N–H and O–H groups in total. The Morgan fingerprint density at radius 1 is 1.18 bits per heavy atom. The lowest BCUT2D eigenvalue weighted by Crippen LogP contribution is -2.04. The van der Waals surface area contributed by atoms with Crippen LogP contribution < -0.4 is 15.8 Å². The van der Waals surface area contributed by atoms with Crippen LogP contribution in [0.5, 0.6) is 6.01 Å². The summed E-state index contributed by atoms with van der Waals surface area (Å²) < 4.78 is 4.97. The highest BCUT2D eigenvalue weighted by Crippen LogP contribution is 2.20. The summed E-state index contributed by atoms with van der Waals surface area (Å²) in [6.07, 6.45) is 0. The van der Waals surface area contributed by atoms with Crippen LogP contribution in [-0.2, 0) is 0 Å². The second-order valence-corrected chi connectivity index (χ2v) is 3.41. The van der Waals surface area contributed by atoms with Gasteiger partial charge in [0.1, 0.15) is 5.82 Å². The molecule has 0 aliphatic heterocycles. The molecule has 0 aliphatic rings. The molecule has 1 heterocycles. The molecule has 2 aromatic rings. The fraction of sp³-hybridized carbons (Fsp3) is 0.182. The number of nitrogens with two attached hydrogens (primary N) is 1. The Kier molecular flexibility index (Phi) is 3.04. The van der Waals surface area contributed by atoms with Gasteiger partial charge in [-0.2, -0.15) is 15.0 Å². The molecule has 0 spiro atoms. The first-order valence-electron chi connectivity index (χ1n) is 5.07. The van der Waals surface area contributed by atoms with Gasteiger partial charge in [-0.3, -0.25) is 0 Å². The van der Waals surface area contributed by atoms with Crippen LogP contribution in [-0.4, -0.2) is 22.1 Å². The van der Waals surface area contributed by atoms with E-state index in [2.05, 4.69) is 20.3 Å². The number of hydrogen-bond acceptors (Lipinski definition) is 6. The lowest BCUT2D eigenvalue weighted by atomic mass is 10.3. The molecule has 0 bridgehead atoms. The smallest absolute Gasteiger partial charge is 0.321 e. The van der Waals surface area contributed by atoms with E-state index < -0.39 is 0 Å². The van der Waals surface area contributed by atoms with E-state index in [1.165, 1.54) is 7.11 Å². The van der Waals surface area contributed by atoms with Gasteiger partial charge in [-0.15, -0.1) is 0 Å². The van der Waals surface area contributed by atoms with Crippen LogP contribution in [0.4, 0.5) is 17.3 Å². The van der Waals surface area contributed by atoms with Crippen molar-refractivity contribution in [3.05, 3.63) is 30.1 Å². The Balaban J connectivity index is 2.30. The van der Waals surface area contributed by atoms with Gasteiger partial charge in [-0.25, -0.2) is 0 Å². The summed E-state index contributed by atoms with van der Waals surface area (Å²) in [5, 5.41) is 3.02. The summed E-state index contributed by atoms with van der Waals surface area (Å²) in [7, 11) is 1.51. The molecule has 0 atom stereocenters. The summed E-state index contributed by atoms with van der Waals surface area (Å²) in [6, 6.07) is 7.66. The molecule has 6 nitrogen and oxygen atoms in total. The first-order valence-corrected chi connectivity index (χ1v) is 5.07. The third-order valence-corrected chi connectivity index (χ3v) is 2.12. The molecule has 0 unspecified atom stereocenters. The molecular weight excluding hydrogens is 218 g/mol. The van der Waals surface area contributed by atoms with E-state index in [9.17, 15) is 0 Å². The molecule has 0 saturated carbocycles. The fourth-order valence-corrected chi connectivity index (χ4v) is 1.34. The second kappa shape index (κ2) is 4.65. The lowest BCUT2D eigenvalue weighted by Gasteiger charge is -2.08. The van der Waals surface area contributed by atoms with Crippen molar-refractivity contribution < 1.29 is 4.74 Å². The molecule has 1 aromatic heterocycles. The number of nitrogens with zero attached hydrogens (tertiary/aromatic N) is 3. The highest BCUT2D eigenvalue weighted by molar-refractivity contribution is 5.69. The van der Waals surface area contributed by atoms with Crippen molar-refractivity contribution in [3.63, 3.8) is 0 Å². The van der Waals surface area contributed by atoms with Gasteiger partial charge in [0.2, 0.25) is 5.95 Å². The molecule has 88 valence electrons. The lowest BCUT2D eigenvalue weighted by molar-refractivity contribution is 0.377. The van der Waals surface area contributed by atoms with Crippen molar-refractivity contribution >= 4 is 17.3 Å². The molecule has 0 radical (unpaired) electrons. The molecule has 2 rings (SSSR count). The Hall–Kier alpha value is -2.37.